The van der Waals surface area contributed by atoms with Crippen molar-refractivity contribution in [3.8, 4) is 0 Å². The molecule has 0 saturated heterocycles. The summed E-state index contributed by atoms with van der Waals surface area (Å²) in [6.07, 6.45) is 0. The standard InChI is InChI=1S/C7H7O6S2/c1-5-4-6(14(8,9)10)2-3-7(5)15(11,12)13/h2-4H,1H2,(H,8,9,10)(H,11,12,13). The van der Waals surface area contributed by atoms with Gasteiger partial charge in [0.15, 0.2) is 0 Å². The van der Waals surface area contributed by atoms with Crippen LogP contribution in [0.2, 0.25) is 0 Å². The van der Waals surface area contributed by atoms with E-state index >= 15 is 0 Å². The topological polar surface area (TPSA) is 109 Å². The molecular formula is C7H7O6S2. The van der Waals surface area contributed by atoms with Crippen molar-refractivity contribution >= 4 is 20.2 Å². The van der Waals surface area contributed by atoms with E-state index in [0.29, 0.717) is 0 Å². The zero-order chi connectivity index (χ0) is 11.9. The van der Waals surface area contributed by atoms with Crippen LogP contribution in [0.15, 0.2) is 28.0 Å². The second-order valence-electron chi connectivity index (χ2n) is 2.72. The first-order chi connectivity index (χ1) is 6.62. The van der Waals surface area contributed by atoms with Gasteiger partial charge in [0.05, 0.1) is 9.79 Å². The van der Waals surface area contributed by atoms with Gasteiger partial charge in [0.25, 0.3) is 20.2 Å². The van der Waals surface area contributed by atoms with Gasteiger partial charge in [-0.1, -0.05) is 0 Å². The molecule has 0 heterocycles. The van der Waals surface area contributed by atoms with Crippen LogP contribution in [-0.2, 0) is 20.2 Å². The summed E-state index contributed by atoms with van der Waals surface area (Å²) in [5.41, 5.74) is -0.215. The van der Waals surface area contributed by atoms with Crippen LogP contribution in [0.3, 0.4) is 0 Å². The van der Waals surface area contributed by atoms with Crippen molar-refractivity contribution in [2.24, 2.45) is 0 Å². The Bertz CT molecular complexity index is 584. The van der Waals surface area contributed by atoms with Gasteiger partial charge in [0.2, 0.25) is 0 Å². The van der Waals surface area contributed by atoms with E-state index in [0.717, 1.165) is 18.2 Å². The molecule has 0 unspecified atom stereocenters. The van der Waals surface area contributed by atoms with E-state index in [4.69, 9.17) is 9.11 Å². The molecule has 1 radical (unpaired) electrons. The summed E-state index contributed by atoms with van der Waals surface area (Å²) in [4.78, 5) is -0.991. The highest BCUT2D eigenvalue weighted by molar-refractivity contribution is 7.86. The summed E-state index contributed by atoms with van der Waals surface area (Å²) in [5, 5.41) is 0. The van der Waals surface area contributed by atoms with E-state index < -0.39 is 30.0 Å². The van der Waals surface area contributed by atoms with Crippen LogP contribution in [-0.4, -0.2) is 25.9 Å². The molecule has 0 fully saturated rings. The predicted molar refractivity (Wildman–Crippen MR) is 50.5 cm³/mol. The lowest BCUT2D eigenvalue weighted by Gasteiger charge is -2.03. The lowest BCUT2D eigenvalue weighted by atomic mass is 10.2. The monoisotopic (exact) mass is 251 g/mol. The Labute approximate surface area is 87.1 Å². The fraction of sp³-hybridized carbons (Fsp3) is 0. The molecule has 0 aliphatic rings. The fourth-order valence-corrected chi connectivity index (χ4v) is 2.13. The van der Waals surface area contributed by atoms with Gasteiger partial charge in [0, 0.05) is 0 Å². The van der Waals surface area contributed by atoms with Crippen molar-refractivity contribution in [3.05, 3.63) is 30.7 Å². The van der Waals surface area contributed by atoms with Gasteiger partial charge in [-0.05, 0) is 30.7 Å². The second-order valence-corrected chi connectivity index (χ2v) is 5.53. The molecule has 1 aromatic carbocycles. The number of hydrogen-bond acceptors (Lipinski definition) is 4. The van der Waals surface area contributed by atoms with Gasteiger partial charge in [-0.3, -0.25) is 9.11 Å². The SMILES string of the molecule is [CH2]c1cc(S(=O)(=O)O)ccc1S(=O)(=O)O. The van der Waals surface area contributed by atoms with Crippen LogP contribution >= 0.6 is 0 Å². The Hall–Kier alpha value is -0.960. The lowest BCUT2D eigenvalue weighted by Crippen LogP contribution is -2.04. The van der Waals surface area contributed by atoms with Crippen molar-refractivity contribution in [2.45, 2.75) is 9.79 Å². The van der Waals surface area contributed by atoms with Crippen molar-refractivity contribution in [1.82, 2.24) is 0 Å². The third-order valence-corrected chi connectivity index (χ3v) is 3.41. The summed E-state index contributed by atoms with van der Waals surface area (Å²) >= 11 is 0. The Balaban J connectivity index is 3.47. The molecule has 6 nitrogen and oxygen atoms in total. The molecule has 0 spiro atoms. The molecule has 0 aliphatic carbocycles. The van der Waals surface area contributed by atoms with Gasteiger partial charge in [0.1, 0.15) is 0 Å². The second kappa shape index (κ2) is 3.56. The van der Waals surface area contributed by atoms with E-state index in [1.165, 1.54) is 0 Å². The minimum absolute atomic E-state index is 0.215. The first kappa shape index (κ1) is 12.1. The average Bonchev–Trinajstić information content (AvgIpc) is 1.99. The van der Waals surface area contributed by atoms with E-state index in [-0.39, 0.29) is 5.56 Å². The highest BCUT2D eigenvalue weighted by Gasteiger charge is 2.16. The molecule has 0 atom stereocenters. The zero-order valence-electron chi connectivity index (χ0n) is 7.28. The van der Waals surface area contributed by atoms with Crippen LogP contribution in [0.25, 0.3) is 0 Å². The van der Waals surface area contributed by atoms with E-state index in [1.807, 2.05) is 0 Å². The summed E-state index contributed by atoms with van der Waals surface area (Å²) in [6.45, 7) is 3.25. The molecule has 15 heavy (non-hydrogen) atoms. The van der Waals surface area contributed by atoms with Gasteiger partial charge >= 0.3 is 0 Å². The Morgan fingerprint density at radius 3 is 1.87 bits per heavy atom. The van der Waals surface area contributed by atoms with E-state index in [2.05, 4.69) is 6.92 Å². The van der Waals surface area contributed by atoms with Gasteiger partial charge in [-0.2, -0.15) is 16.8 Å². The first-order valence-corrected chi connectivity index (χ1v) is 6.41. The van der Waals surface area contributed by atoms with Crippen LogP contribution in [0.5, 0.6) is 0 Å². The molecule has 83 valence electrons. The Morgan fingerprint density at radius 1 is 1.00 bits per heavy atom. The summed E-state index contributed by atoms with van der Waals surface area (Å²) in [6, 6.07) is 2.55. The lowest BCUT2D eigenvalue weighted by molar-refractivity contribution is 0.478. The maximum absolute atomic E-state index is 10.7. The molecule has 1 aromatic rings. The molecular weight excluding hydrogens is 244 g/mol. The van der Waals surface area contributed by atoms with Crippen molar-refractivity contribution in [1.29, 1.82) is 0 Å². The minimum atomic E-state index is -4.43. The first-order valence-electron chi connectivity index (χ1n) is 3.53. The third kappa shape index (κ3) is 2.75. The smallest absolute Gasteiger partial charge is 0.282 e. The Kier molecular flexibility index (Phi) is 2.88. The Morgan fingerprint density at radius 2 is 1.53 bits per heavy atom. The van der Waals surface area contributed by atoms with Crippen molar-refractivity contribution in [2.75, 3.05) is 0 Å². The van der Waals surface area contributed by atoms with Crippen LogP contribution < -0.4 is 0 Å². The average molecular weight is 251 g/mol. The maximum Gasteiger partial charge on any atom is 0.294 e. The fourth-order valence-electron chi connectivity index (χ4n) is 0.968. The highest BCUT2D eigenvalue weighted by Crippen LogP contribution is 2.18. The van der Waals surface area contributed by atoms with Gasteiger partial charge < -0.3 is 0 Å². The third-order valence-electron chi connectivity index (χ3n) is 1.61. The molecule has 8 heteroatoms. The molecule has 0 aromatic heterocycles. The zero-order valence-corrected chi connectivity index (χ0v) is 8.92. The van der Waals surface area contributed by atoms with Crippen LogP contribution in [0.4, 0.5) is 0 Å². The molecule has 0 saturated carbocycles. The normalized spacial score (nSPS) is 12.7. The van der Waals surface area contributed by atoms with Gasteiger partial charge in [-0.25, -0.2) is 0 Å². The molecule has 0 amide bonds. The highest BCUT2D eigenvalue weighted by atomic mass is 32.2. The summed E-state index contributed by atoms with van der Waals surface area (Å²) < 4.78 is 60.1. The van der Waals surface area contributed by atoms with Crippen LogP contribution in [0, 0.1) is 6.92 Å². The van der Waals surface area contributed by atoms with Crippen LogP contribution in [0.1, 0.15) is 5.56 Å². The quantitative estimate of drug-likeness (QED) is 0.735. The van der Waals surface area contributed by atoms with E-state index in [9.17, 15) is 16.8 Å². The van der Waals surface area contributed by atoms with E-state index in [1.54, 1.807) is 0 Å². The van der Waals surface area contributed by atoms with Gasteiger partial charge in [-0.15, -0.1) is 0 Å². The number of hydrogen-bond donors (Lipinski definition) is 2. The number of benzene rings is 1. The predicted octanol–water partition coefficient (Wildman–Crippen LogP) is 0.362. The van der Waals surface area contributed by atoms with Crippen molar-refractivity contribution < 1.29 is 25.9 Å². The molecule has 0 aliphatic heterocycles. The summed E-state index contributed by atoms with van der Waals surface area (Å²) in [5.74, 6) is 0. The maximum atomic E-state index is 10.7. The number of rotatable bonds is 2. The molecule has 0 bridgehead atoms. The molecule has 1 rings (SSSR count). The summed E-state index contributed by atoms with van der Waals surface area (Å²) in [7, 11) is -8.84. The molecule has 2 N–H and O–H groups in total. The largest absolute Gasteiger partial charge is 0.294 e. The van der Waals surface area contributed by atoms with Crippen molar-refractivity contribution in [3.63, 3.8) is 0 Å². The minimum Gasteiger partial charge on any atom is -0.282 e.